The predicted octanol–water partition coefficient (Wildman–Crippen LogP) is 3.89. The first-order valence-corrected chi connectivity index (χ1v) is 6.53. The van der Waals surface area contributed by atoms with Crippen molar-refractivity contribution in [3.05, 3.63) is 24.3 Å². The minimum absolute atomic E-state index is 0.246. The van der Waals surface area contributed by atoms with Crippen molar-refractivity contribution in [2.75, 3.05) is 5.32 Å². The summed E-state index contributed by atoms with van der Waals surface area (Å²) < 4.78 is 29.2. The number of hydrogen-bond donors (Lipinski definition) is 1. The molecule has 0 amide bonds. The molecule has 3 rings (SSSR count). The Balaban J connectivity index is 1.72. The lowest BCUT2D eigenvalue weighted by molar-refractivity contribution is -0.0494. The Kier molecular flexibility index (Phi) is 3.10. The summed E-state index contributed by atoms with van der Waals surface area (Å²) in [6.07, 6.45) is 5.04. The van der Waals surface area contributed by atoms with Crippen LogP contribution in [0.2, 0.25) is 0 Å². The van der Waals surface area contributed by atoms with Gasteiger partial charge in [-0.3, -0.25) is 0 Å². The molecule has 0 aliphatic heterocycles. The van der Waals surface area contributed by atoms with Gasteiger partial charge >= 0.3 is 6.61 Å². The van der Waals surface area contributed by atoms with Crippen LogP contribution in [0, 0.1) is 11.8 Å². The van der Waals surface area contributed by atoms with E-state index in [1.54, 1.807) is 12.1 Å². The quantitative estimate of drug-likeness (QED) is 0.879. The number of hydrogen-bond acceptors (Lipinski definition) is 2. The average Bonchev–Trinajstić information content (AvgIpc) is 2.93. The molecule has 18 heavy (non-hydrogen) atoms. The Morgan fingerprint density at radius 2 is 2.00 bits per heavy atom. The van der Waals surface area contributed by atoms with Crippen molar-refractivity contribution in [3.8, 4) is 5.75 Å². The molecule has 2 bridgehead atoms. The van der Waals surface area contributed by atoms with Gasteiger partial charge in [0.2, 0.25) is 0 Å². The number of para-hydroxylation sites is 2. The normalized spacial score (nSPS) is 29.8. The summed E-state index contributed by atoms with van der Waals surface area (Å²) in [7, 11) is 0. The van der Waals surface area contributed by atoms with Gasteiger partial charge in [-0.05, 0) is 43.2 Å². The Morgan fingerprint density at radius 3 is 2.67 bits per heavy atom. The van der Waals surface area contributed by atoms with Crippen LogP contribution in [0.3, 0.4) is 0 Å². The van der Waals surface area contributed by atoms with Crippen molar-refractivity contribution >= 4 is 5.69 Å². The summed E-state index contributed by atoms with van der Waals surface area (Å²) in [5.41, 5.74) is 0.690. The zero-order valence-electron chi connectivity index (χ0n) is 10.1. The minimum atomic E-state index is -2.77. The van der Waals surface area contributed by atoms with Crippen LogP contribution in [0.15, 0.2) is 24.3 Å². The standard InChI is InChI=1S/C14H17F2NO/c15-14(16)18-13-4-2-1-3-11(13)17-12-8-9-5-6-10(12)7-9/h1-4,9-10,12,14,17H,5-8H2. The van der Waals surface area contributed by atoms with Crippen LogP contribution in [0.4, 0.5) is 14.5 Å². The molecule has 2 aliphatic carbocycles. The van der Waals surface area contributed by atoms with E-state index in [4.69, 9.17) is 0 Å². The van der Waals surface area contributed by atoms with Gasteiger partial charge in [-0.25, -0.2) is 0 Å². The zero-order chi connectivity index (χ0) is 12.5. The SMILES string of the molecule is FC(F)Oc1ccccc1NC1CC2CCC1C2. The molecule has 0 saturated heterocycles. The number of anilines is 1. The summed E-state index contributed by atoms with van der Waals surface area (Å²) >= 11 is 0. The van der Waals surface area contributed by atoms with E-state index in [9.17, 15) is 8.78 Å². The van der Waals surface area contributed by atoms with Crippen LogP contribution in [0.1, 0.15) is 25.7 Å². The third-order valence-corrected chi connectivity index (χ3v) is 4.18. The van der Waals surface area contributed by atoms with Crippen molar-refractivity contribution in [2.24, 2.45) is 11.8 Å². The first-order chi connectivity index (χ1) is 8.72. The van der Waals surface area contributed by atoms with Crippen molar-refractivity contribution in [1.82, 2.24) is 0 Å². The van der Waals surface area contributed by atoms with Gasteiger partial charge < -0.3 is 10.1 Å². The van der Waals surface area contributed by atoms with Crippen LogP contribution in [-0.2, 0) is 0 Å². The first kappa shape index (κ1) is 11.8. The first-order valence-electron chi connectivity index (χ1n) is 6.53. The number of benzene rings is 1. The maximum absolute atomic E-state index is 12.3. The van der Waals surface area contributed by atoms with E-state index >= 15 is 0 Å². The zero-order valence-corrected chi connectivity index (χ0v) is 10.1. The molecule has 98 valence electrons. The molecule has 4 heteroatoms. The largest absolute Gasteiger partial charge is 0.433 e. The third-order valence-electron chi connectivity index (χ3n) is 4.18. The van der Waals surface area contributed by atoms with Crippen molar-refractivity contribution in [2.45, 2.75) is 38.3 Å². The summed E-state index contributed by atoms with van der Waals surface area (Å²) in [5.74, 6) is 1.78. The Labute approximate surface area is 105 Å². The molecule has 0 aromatic heterocycles. The lowest BCUT2D eigenvalue weighted by Crippen LogP contribution is -2.26. The molecule has 2 nitrogen and oxygen atoms in total. The second-order valence-electron chi connectivity index (χ2n) is 5.30. The van der Waals surface area contributed by atoms with E-state index in [2.05, 4.69) is 10.1 Å². The lowest BCUT2D eigenvalue weighted by atomic mass is 9.95. The monoisotopic (exact) mass is 253 g/mol. The molecule has 3 unspecified atom stereocenters. The fraction of sp³-hybridized carbons (Fsp3) is 0.571. The van der Waals surface area contributed by atoms with E-state index in [-0.39, 0.29) is 5.75 Å². The third kappa shape index (κ3) is 2.28. The minimum Gasteiger partial charge on any atom is -0.433 e. The van der Waals surface area contributed by atoms with E-state index in [0.29, 0.717) is 17.6 Å². The number of halogens is 2. The van der Waals surface area contributed by atoms with Crippen molar-refractivity contribution < 1.29 is 13.5 Å². The highest BCUT2D eigenvalue weighted by Gasteiger charge is 2.39. The van der Waals surface area contributed by atoms with Gasteiger partial charge in [-0.15, -0.1) is 0 Å². The molecule has 2 fully saturated rings. The Bertz CT molecular complexity index is 424. The molecule has 1 aromatic rings. The number of ether oxygens (including phenoxy) is 1. The van der Waals surface area contributed by atoms with Gasteiger partial charge in [0, 0.05) is 6.04 Å². The maximum Gasteiger partial charge on any atom is 0.387 e. The molecule has 0 spiro atoms. The molecule has 1 N–H and O–H groups in total. The van der Waals surface area contributed by atoms with E-state index in [1.807, 2.05) is 12.1 Å². The van der Waals surface area contributed by atoms with Gasteiger partial charge in [0.15, 0.2) is 0 Å². The summed E-state index contributed by atoms with van der Waals surface area (Å²) in [4.78, 5) is 0. The van der Waals surface area contributed by atoms with Crippen LogP contribution >= 0.6 is 0 Å². The molecule has 0 radical (unpaired) electrons. The summed E-state index contributed by atoms with van der Waals surface area (Å²) in [6.45, 7) is -2.77. The average molecular weight is 253 g/mol. The van der Waals surface area contributed by atoms with Crippen LogP contribution < -0.4 is 10.1 Å². The van der Waals surface area contributed by atoms with Crippen LogP contribution in [0.25, 0.3) is 0 Å². The predicted molar refractivity (Wildman–Crippen MR) is 65.9 cm³/mol. The Morgan fingerprint density at radius 1 is 1.17 bits per heavy atom. The second-order valence-corrected chi connectivity index (χ2v) is 5.30. The number of nitrogens with one attached hydrogen (secondary N) is 1. The molecular weight excluding hydrogens is 236 g/mol. The smallest absolute Gasteiger partial charge is 0.387 e. The maximum atomic E-state index is 12.3. The van der Waals surface area contributed by atoms with Crippen molar-refractivity contribution in [1.29, 1.82) is 0 Å². The summed E-state index contributed by atoms with van der Waals surface area (Å²) in [5, 5.41) is 3.39. The van der Waals surface area contributed by atoms with Gasteiger partial charge in [0.1, 0.15) is 5.75 Å². The van der Waals surface area contributed by atoms with Crippen molar-refractivity contribution in [3.63, 3.8) is 0 Å². The van der Waals surface area contributed by atoms with Crippen LogP contribution in [0.5, 0.6) is 5.75 Å². The molecule has 3 atom stereocenters. The summed E-state index contributed by atoms with van der Waals surface area (Å²) in [6, 6.07) is 7.37. The van der Waals surface area contributed by atoms with E-state index in [0.717, 1.165) is 12.3 Å². The van der Waals surface area contributed by atoms with Gasteiger partial charge in [-0.1, -0.05) is 18.6 Å². The topological polar surface area (TPSA) is 21.3 Å². The van der Waals surface area contributed by atoms with Gasteiger partial charge in [-0.2, -0.15) is 8.78 Å². The number of rotatable bonds is 4. The second kappa shape index (κ2) is 4.75. The number of fused-ring (bicyclic) bond motifs is 2. The Hall–Kier alpha value is -1.32. The molecule has 0 heterocycles. The molecule has 2 aliphatic rings. The lowest BCUT2D eigenvalue weighted by Gasteiger charge is -2.25. The molecule has 2 saturated carbocycles. The fourth-order valence-corrected chi connectivity index (χ4v) is 3.41. The molecular formula is C14H17F2NO. The van der Waals surface area contributed by atoms with E-state index in [1.165, 1.54) is 19.3 Å². The van der Waals surface area contributed by atoms with Gasteiger partial charge in [0.25, 0.3) is 0 Å². The highest BCUT2D eigenvalue weighted by Crippen LogP contribution is 2.46. The highest BCUT2D eigenvalue weighted by atomic mass is 19.3. The van der Waals surface area contributed by atoms with Crippen LogP contribution in [-0.4, -0.2) is 12.7 Å². The van der Waals surface area contributed by atoms with Gasteiger partial charge in [0.05, 0.1) is 5.69 Å². The molecule has 1 aromatic carbocycles. The highest BCUT2D eigenvalue weighted by molar-refractivity contribution is 5.57. The van der Waals surface area contributed by atoms with E-state index < -0.39 is 6.61 Å². The fourth-order valence-electron chi connectivity index (χ4n) is 3.41. The number of alkyl halides is 2.